The monoisotopic (exact) mass is 311 g/mol. The maximum Gasteiger partial charge on any atom is 0.161 e. The highest BCUT2D eigenvalue weighted by Crippen LogP contribution is 2.48. The first-order valence-corrected chi connectivity index (χ1v) is 8.55. The standard InChI is InChI=1S/C19H25N3O/c1-11-15-16(12-7-5-4-6-8-12)17-13(20-18(15)22-21-11)9-19(2,3)10-14(17)23/h4-8,11,15-16,18,20-22H,9-10H2,1-3H3/t11?,15?,16-,18?/m1/s1. The lowest BCUT2D eigenvalue weighted by atomic mass is 9.65. The molecule has 3 unspecified atom stereocenters. The summed E-state index contributed by atoms with van der Waals surface area (Å²) in [6, 6.07) is 10.8. The molecular weight excluding hydrogens is 286 g/mol. The van der Waals surface area contributed by atoms with E-state index in [0.717, 1.165) is 17.7 Å². The van der Waals surface area contributed by atoms with Crippen LogP contribution in [0, 0.1) is 11.3 Å². The highest BCUT2D eigenvalue weighted by atomic mass is 16.1. The van der Waals surface area contributed by atoms with Crippen molar-refractivity contribution in [1.29, 1.82) is 0 Å². The average molecular weight is 311 g/mol. The number of hydrogen-bond acceptors (Lipinski definition) is 4. The van der Waals surface area contributed by atoms with Crippen molar-refractivity contribution in [3.63, 3.8) is 0 Å². The molecule has 1 aromatic carbocycles. The van der Waals surface area contributed by atoms with Gasteiger partial charge in [-0.05, 0) is 24.3 Å². The van der Waals surface area contributed by atoms with Gasteiger partial charge in [0.05, 0.1) is 6.17 Å². The number of allylic oxidation sites excluding steroid dienone is 2. The molecule has 0 aromatic heterocycles. The van der Waals surface area contributed by atoms with E-state index in [-0.39, 0.29) is 17.5 Å². The van der Waals surface area contributed by atoms with Gasteiger partial charge in [-0.15, -0.1) is 0 Å². The molecule has 122 valence electrons. The van der Waals surface area contributed by atoms with Crippen molar-refractivity contribution in [3.05, 3.63) is 47.2 Å². The van der Waals surface area contributed by atoms with Crippen LogP contribution in [0.1, 0.15) is 45.1 Å². The zero-order valence-corrected chi connectivity index (χ0v) is 14.0. The molecule has 2 aliphatic heterocycles. The normalized spacial score (nSPS) is 35.5. The van der Waals surface area contributed by atoms with Crippen LogP contribution in [0.2, 0.25) is 0 Å². The largest absolute Gasteiger partial charge is 0.371 e. The lowest BCUT2D eigenvalue weighted by molar-refractivity contribution is -0.118. The number of Topliss-reactive ketones (excluding diaryl/α,β-unsaturated/α-hetero) is 1. The van der Waals surface area contributed by atoms with Gasteiger partial charge in [-0.1, -0.05) is 44.2 Å². The number of rotatable bonds is 1. The summed E-state index contributed by atoms with van der Waals surface area (Å²) in [6.07, 6.45) is 1.76. The van der Waals surface area contributed by atoms with Crippen molar-refractivity contribution in [2.24, 2.45) is 11.3 Å². The Morgan fingerprint density at radius 3 is 2.57 bits per heavy atom. The SMILES string of the molecule is CC1NNC2NC3=C(C(=O)CC(C)(C)C3)[C@H](c3ccccc3)C12. The van der Waals surface area contributed by atoms with Crippen LogP contribution >= 0.6 is 0 Å². The molecule has 23 heavy (non-hydrogen) atoms. The Labute approximate surface area is 137 Å². The number of fused-ring (bicyclic) bond motifs is 1. The van der Waals surface area contributed by atoms with Crippen LogP contribution in [-0.2, 0) is 4.79 Å². The van der Waals surface area contributed by atoms with Crippen molar-refractivity contribution >= 4 is 5.78 Å². The van der Waals surface area contributed by atoms with E-state index < -0.39 is 0 Å². The second kappa shape index (κ2) is 5.18. The first kappa shape index (κ1) is 14.9. The third-order valence-electron chi connectivity index (χ3n) is 5.53. The Hall–Kier alpha value is -1.65. The molecule has 0 saturated carbocycles. The number of carbonyl (C=O) groups is 1. The molecule has 4 rings (SSSR count). The summed E-state index contributed by atoms with van der Waals surface area (Å²) in [5.41, 5.74) is 10.2. The van der Waals surface area contributed by atoms with Crippen LogP contribution in [0.3, 0.4) is 0 Å². The lowest BCUT2D eigenvalue weighted by Crippen LogP contribution is -2.52. The van der Waals surface area contributed by atoms with Gasteiger partial charge in [-0.25, -0.2) is 5.43 Å². The van der Waals surface area contributed by atoms with Crippen molar-refractivity contribution in [2.75, 3.05) is 0 Å². The fourth-order valence-corrected chi connectivity index (χ4v) is 4.57. The van der Waals surface area contributed by atoms with Crippen LogP contribution in [-0.4, -0.2) is 18.0 Å². The van der Waals surface area contributed by atoms with Crippen molar-refractivity contribution in [3.8, 4) is 0 Å². The van der Waals surface area contributed by atoms with Gasteiger partial charge < -0.3 is 5.32 Å². The molecule has 0 amide bonds. The van der Waals surface area contributed by atoms with Crippen molar-refractivity contribution < 1.29 is 4.79 Å². The minimum atomic E-state index is 0.0363. The third-order valence-corrected chi connectivity index (χ3v) is 5.53. The van der Waals surface area contributed by atoms with Gasteiger partial charge in [-0.2, -0.15) is 0 Å². The molecule has 3 N–H and O–H groups in total. The highest BCUT2D eigenvalue weighted by Gasteiger charge is 2.49. The predicted octanol–water partition coefficient (Wildman–Crippen LogP) is 2.46. The average Bonchev–Trinajstić information content (AvgIpc) is 2.86. The number of benzene rings is 1. The van der Waals surface area contributed by atoms with E-state index in [1.165, 1.54) is 5.56 Å². The molecule has 4 heteroatoms. The maximum absolute atomic E-state index is 13.0. The molecule has 2 heterocycles. The Morgan fingerprint density at radius 2 is 1.83 bits per heavy atom. The zero-order chi connectivity index (χ0) is 16.2. The minimum absolute atomic E-state index is 0.0363. The predicted molar refractivity (Wildman–Crippen MR) is 90.4 cm³/mol. The summed E-state index contributed by atoms with van der Waals surface area (Å²) in [5.74, 6) is 0.815. The number of hydrogen-bond donors (Lipinski definition) is 3. The van der Waals surface area contributed by atoms with Gasteiger partial charge >= 0.3 is 0 Å². The number of nitrogens with one attached hydrogen (secondary N) is 3. The Bertz CT molecular complexity index is 664. The summed E-state index contributed by atoms with van der Waals surface area (Å²) in [4.78, 5) is 13.0. The molecule has 0 bridgehead atoms. The van der Waals surface area contributed by atoms with Crippen LogP contribution in [0.15, 0.2) is 41.6 Å². The number of ketones is 1. The first-order valence-electron chi connectivity index (χ1n) is 8.55. The molecule has 1 saturated heterocycles. The number of hydrazine groups is 1. The molecular formula is C19H25N3O. The Kier molecular flexibility index (Phi) is 3.36. The van der Waals surface area contributed by atoms with Gasteiger partial charge in [0.25, 0.3) is 0 Å². The molecule has 0 spiro atoms. The summed E-state index contributed by atoms with van der Waals surface area (Å²) in [5, 5.41) is 3.62. The highest BCUT2D eigenvalue weighted by molar-refractivity contribution is 5.99. The maximum atomic E-state index is 13.0. The molecule has 4 atom stereocenters. The molecule has 4 nitrogen and oxygen atoms in total. The Morgan fingerprint density at radius 1 is 1.09 bits per heavy atom. The van der Waals surface area contributed by atoms with Crippen LogP contribution in [0.25, 0.3) is 0 Å². The quantitative estimate of drug-likeness (QED) is 0.746. The molecule has 1 aromatic rings. The zero-order valence-electron chi connectivity index (χ0n) is 14.0. The van der Waals surface area contributed by atoms with E-state index in [1.807, 2.05) is 6.07 Å². The summed E-state index contributed by atoms with van der Waals surface area (Å²) in [6.45, 7) is 6.56. The fraction of sp³-hybridized carbons (Fsp3) is 0.526. The van der Waals surface area contributed by atoms with Gasteiger partial charge in [0, 0.05) is 35.6 Å². The smallest absolute Gasteiger partial charge is 0.161 e. The first-order chi connectivity index (χ1) is 11.0. The van der Waals surface area contributed by atoms with E-state index in [9.17, 15) is 4.79 Å². The van der Waals surface area contributed by atoms with E-state index >= 15 is 0 Å². The van der Waals surface area contributed by atoms with Crippen LogP contribution in [0.4, 0.5) is 0 Å². The van der Waals surface area contributed by atoms with Crippen LogP contribution in [0.5, 0.6) is 0 Å². The lowest BCUT2D eigenvalue weighted by Gasteiger charge is -2.44. The van der Waals surface area contributed by atoms with Crippen molar-refractivity contribution in [2.45, 2.75) is 51.7 Å². The topological polar surface area (TPSA) is 53.2 Å². The molecule has 1 fully saturated rings. The second-order valence-corrected chi connectivity index (χ2v) is 8.00. The summed E-state index contributed by atoms with van der Waals surface area (Å²) >= 11 is 0. The van der Waals surface area contributed by atoms with E-state index in [4.69, 9.17) is 0 Å². The van der Waals surface area contributed by atoms with Gasteiger partial charge in [0.2, 0.25) is 0 Å². The van der Waals surface area contributed by atoms with E-state index in [1.54, 1.807) is 0 Å². The minimum Gasteiger partial charge on any atom is -0.371 e. The molecule has 3 aliphatic rings. The Balaban J connectivity index is 1.85. The molecule has 1 aliphatic carbocycles. The fourth-order valence-electron chi connectivity index (χ4n) is 4.57. The third kappa shape index (κ3) is 2.41. The summed E-state index contributed by atoms with van der Waals surface area (Å²) in [7, 11) is 0. The van der Waals surface area contributed by atoms with Gasteiger partial charge in [0.15, 0.2) is 5.78 Å². The second-order valence-electron chi connectivity index (χ2n) is 8.00. The van der Waals surface area contributed by atoms with Crippen molar-refractivity contribution in [1.82, 2.24) is 16.2 Å². The van der Waals surface area contributed by atoms with Gasteiger partial charge in [0.1, 0.15) is 0 Å². The number of carbonyl (C=O) groups excluding carboxylic acids is 1. The van der Waals surface area contributed by atoms with E-state index in [2.05, 4.69) is 61.2 Å². The van der Waals surface area contributed by atoms with Gasteiger partial charge in [-0.3, -0.25) is 10.2 Å². The van der Waals surface area contributed by atoms with Crippen LogP contribution < -0.4 is 16.2 Å². The van der Waals surface area contributed by atoms with E-state index in [0.29, 0.717) is 24.2 Å². The molecule has 0 radical (unpaired) electrons. The summed E-state index contributed by atoms with van der Waals surface area (Å²) < 4.78 is 0.